The van der Waals surface area contributed by atoms with Gasteiger partial charge in [-0.2, -0.15) is 4.39 Å². The van der Waals surface area contributed by atoms with Crippen molar-refractivity contribution in [1.82, 2.24) is 4.98 Å². The summed E-state index contributed by atoms with van der Waals surface area (Å²) < 4.78 is 51.2. The van der Waals surface area contributed by atoms with Gasteiger partial charge in [0.2, 0.25) is 5.95 Å². The molecule has 18 heavy (non-hydrogen) atoms. The van der Waals surface area contributed by atoms with Crippen molar-refractivity contribution in [3.63, 3.8) is 0 Å². The van der Waals surface area contributed by atoms with Crippen molar-refractivity contribution < 1.29 is 17.2 Å². The van der Waals surface area contributed by atoms with Gasteiger partial charge in [-0.25, -0.2) is 17.8 Å². The smallest absolute Gasteiger partial charge is 0.263 e. The fourth-order valence-corrected chi connectivity index (χ4v) is 2.28. The first kappa shape index (κ1) is 12.4. The normalized spacial score (nSPS) is 11.2. The highest BCUT2D eigenvalue weighted by atomic mass is 32.2. The number of hydrogen-bond acceptors (Lipinski definition) is 3. The number of rotatable bonds is 3. The molecule has 0 saturated heterocycles. The number of anilines is 1. The summed E-state index contributed by atoms with van der Waals surface area (Å²) in [7, 11) is -3.89. The number of sulfonamides is 1. The van der Waals surface area contributed by atoms with Crippen molar-refractivity contribution in [2.45, 2.75) is 4.90 Å². The lowest BCUT2D eigenvalue weighted by Gasteiger charge is -2.06. The first-order valence-corrected chi connectivity index (χ1v) is 6.37. The maximum absolute atomic E-state index is 12.8. The second kappa shape index (κ2) is 4.69. The van der Waals surface area contributed by atoms with Gasteiger partial charge in [0.05, 0.1) is 4.90 Å². The topological polar surface area (TPSA) is 59.1 Å². The Hall–Kier alpha value is -2.02. The minimum absolute atomic E-state index is 0.130. The number of nitrogens with one attached hydrogen (secondary N) is 1. The third-order valence-electron chi connectivity index (χ3n) is 2.08. The highest BCUT2D eigenvalue weighted by Gasteiger charge is 2.14. The quantitative estimate of drug-likeness (QED) is 0.869. The molecule has 2 rings (SSSR count). The number of benzene rings is 1. The molecule has 0 aliphatic heterocycles. The molecule has 1 N–H and O–H groups in total. The van der Waals surface area contributed by atoms with Gasteiger partial charge in [-0.3, -0.25) is 4.72 Å². The van der Waals surface area contributed by atoms with Gasteiger partial charge >= 0.3 is 0 Å². The molecule has 4 nitrogen and oxygen atoms in total. The van der Waals surface area contributed by atoms with Gasteiger partial charge in [0.15, 0.2) is 0 Å². The van der Waals surface area contributed by atoms with Crippen LogP contribution in [0.3, 0.4) is 0 Å². The molecule has 1 aromatic carbocycles. The molecule has 1 aromatic heterocycles. The molecule has 0 aliphatic rings. The Morgan fingerprint density at radius 1 is 1.00 bits per heavy atom. The van der Waals surface area contributed by atoms with Gasteiger partial charge < -0.3 is 0 Å². The summed E-state index contributed by atoms with van der Waals surface area (Å²) in [6.45, 7) is 0. The van der Waals surface area contributed by atoms with Crippen molar-refractivity contribution in [3.05, 3.63) is 54.2 Å². The second-order valence-electron chi connectivity index (χ2n) is 3.40. The van der Waals surface area contributed by atoms with Crippen LogP contribution in [0.5, 0.6) is 0 Å². The van der Waals surface area contributed by atoms with Crippen LogP contribution in [-0.4, -0.2) is 13.4 Å². The Labute approximate surface area is 102 Å². The number of hydrogen-bond donors (Lipinski definition) is 1. The first-order chi connectivity index (χ1) is 8.47. The van der Waals surface area contributed by atoms with E-state index in [1.54, 1.807) is 0 Å². The lowest BCUT2D eigenvalue weighted by atomic mass is 10.4. The minimum Gasteiger partial charge on any atom is -0.263 e. The Bertz CT molecular complexity index is 657. The van der Waals surface area contributed by atoms with E-state index >= 15 is 0 Å². The zero-order valence-corrected chi connectivity index (χ0v) is 9.79. The predicted octanol–water partition coefficient (Wildman–Crippen LogP) is 2.16. The molecule has 1 heterocycles. The third kappa shape index (κ3) is 2.80. The molecule has 0 aliphatic carbocycles. The molecule has 0 atom stereocenters. The van der Waals surface area contributed by atoms with E-state index in [-0.39, 0.29) is 10.7 Å². The fourth-order valence-electron chi connectivity index (χ4n) is 1.28. The van der Waals surface area contributed by atoms with Crippen LogP contribution in [0, 0.1) is 11.8 Å². The predicted molar refractivity (Wildman–Crippen MR) is 61.4 cm³/mol. The van der Waals surface area contributed by atoms with Crippen molar-refractivity contribution in [2.24, 2.45) is 0 Å². The monoisotopic (exact) mass is 270 g/mol. The average molecular weight is 270 g/mol. The largest absolute Gasteiger partial charge is 0.263 e. The number of nitrogens with zero attached hydrogens (tertiary/aromatic N) is 1. The Balaban J connectivity index is 2.30. The van der Waals surface area contributed by atoms with Crippen LogP contribution in [0.15, 0.2) is 47.4 Å². The van der Waals surface area contributed by atoms with Crippen LogP contribution in [0.25, 0.3) is 0 Å². The first-order valence-electron chi connectivity index (χ1n) is 4.88. The maximum atomic E-state index is 12.8. The molecule has 0 fully saturated rings. The summed E-state index contributed by atoms with van der Waals surface area (Å²) in [6.07, 6.45) is 0. The molecule has 0 spiro atoms. The van der Waals surface area contributed by atoms with E-state index in [4.69, 9.17) is 0 Å². The molecule has 94 valence electrons. The van der Waals surface area contributed by atoms with Gasteiger partial charge in [0.25, 0.3) is 10.0 Å². The number of pyridine rings is 1. The van der Waals surface area contributed by atoms with E-state index in [2.05, 4.69) is 9.71 Å². The third-order valence-corrected chi connectivity index (χ3v) is 3.45. The zero-order chi connectivity index (χ0) is 13.2. The van der Waals surface area contributed by atoms with Crippen molar-refractivity contribution in [2.75, 3.05) is 4.72 Å². The van der Waals surface area contributed by atoms with E-state index in [0.29, 0.717) is 0 Å². The van der Waals surface area contributed by atoms with Crippen LogP contribution in [0.1, 0.15) is 0 Å². The molecule has 0 unspecified atom stereocenters. The SMILES string of the molecule is O=S(=O)(Nc1cccc(F)n1)c1ccc(F)cc1. The Morgan fingerprint density at radius 2 is 1.67 bits per heavy atom. The lowest BCUT2D eigenvalue weighted by Crippen LogP contribution is -2.14. The van der Waals surface area contributed by atoms with E-state index in [1.165, 1.54) is 12.1 Å². The van der Waals surface area contributed by atoms with E-state index in [1.807, 2.05) is 0 Å². The zero-order valence-electron chi connectivity index (χ0n) is 8.97. The maximum Gasteiger partial charge on any atom is 0.263 e. The molecular weight excluding hydrogens is 262 g/mol. The van der Waals surface area contributed by atoms with Crippen molar-refractivity contribution >= 4 is 15.8 Å². The summed E-state index contributed by atoms with van der Waals surface area (Å²) in [4.78, 5) is 3.24. The summed E-state index contributed by atoms with van der Waals surface area (Å²) in [5.74, 6) is -1.48. The summed E-state index contributed by atoms with van der Waals surface area (Å²) in [5.41, 5.74) is 0. The van der Waals surface area contributed by atoms with Gasteiger partial charge in [0, 0.05) is 0 Å². The molecule has 7 heteroatoms. The molecular formula is C11H8F2N2O2S. The number of aromatic nitrogens is 1. The Morgan fingerprint density at radius 3 is 2.28 bits per heavy atom. The number of halogens is 2. The van der Waals surface area contributed by atoms with E-state index < -0.39 is 21.8 Å². The highest BCUT2D eigenvalue weighted by Crippen LogP contribution is 2.14. The van der Waals surface area contributed by atoms with Gasteiger partial charge in [0.1, 0.15) is 11.6 Å². The average Bonchev–Trinajstić information content (AvgIpc) is 2.29. The van der Waals surface area contributed by atoms with Crippen LogP contribution >= 0.6 is 0 Å². The minimum atomic E-state index is -3.89. The fraction of sp³-hybridized carbons (Fsp3) is 0. The standard InChI is InChI=1S/C11H8F2N2O2S/c12-8-4-6-9(7-5-8)18(16,17)15-11-3-1-2-10(13)14-11/h1-7H,(H,14,15). The van der Waals surface area contributed by atoms with Gasteiger partial charge in [-0.15, -0.1) is 0 Å². The summed E-state index contributed by atoms with van der Waals surface area (Å²) in [5, 5.41) is 0. The highest BCUT2D eigenvalue weighted by molar-refractivity contribution is 7.92. The van der Waals surface area contributed by atoms with Crippen LogP contribution in [0.2, 0.25) is 0 Å². The lowest BCUT2D eigenvalue weighted by molar-refractivity contribution is 0.584. The summed E-state index contributed by atoms with van der Waals surface area (Å²) >= 11 is 0. The van der Waals surface area contributed by atoms with Crippen molar-refractivity contribution in [1.29, 1.82) is 0 Å². The molecule has 0 bridgehead atoms. The van der Waals surface area contributed by atoms with Crippen LogP contribution < -0.4 is 4.72 Å². The summed E-state index contributed by atoms with van der Waals surface area (Å²) in [6, 6.07) is 7.99. The van der Waals surface area contributed by atoms with Gasteiger partial charge in [-0.1, -0.05) is 6.07 Å². The van der Waals surface area contributed by atoms with E-state index in [0.717, 1.165) is 30.3 Å². The van der Waals surface area contributed by atoms with Gasteiger partial charge in [-0.05, 0) is 36.4 Å². The second-order valence-corrected chi connectivity index (χ2v) is 5.09. The molecule has 2 aromatic rings. The molecule has 0 amide bonds. The van der Waals surface area contributed by atoms with Crippen LogP contribution in [0.4, 0.5) is 14.6 Å². The Kier molecular flexibility index (Phi) is 3.24. The van der Waals surface area contributed by atoms with Crippen LogP contribution in [-0.2, 0) is 10.0 Å². The van der Waals surface area contributed by atoms with E-state index in [9.17, 15) is 17.2 Å². The molecule has 0 saturated carbocycles. The molecule has 0 radical (unpaired) electrons. The van der Waals surface area contributed by atoms with Crippen molar-refractivity contribution in [3.8, 4) is 0 Å².